The maximum Gasteiger partial charge on any atom is 0.331 e. The van der Waals surface area contributed by atoms with Crippen molar-refractivity contribution in [2.45, 2.75) is 26.5 Å². The van der Waals surface area contributed by atoms with Crippen molar-refractivity contribution in [3.63, 3.8) is 0 Å². The third-order valence-corrected chi connectivity index (χ3v) is 4.61. The van der Waals surface area contributed by atoms with E-state index in [2.05, 4.69) is 10.2 Å². The minimum absolute atomic E-state index is 0.0202. The van der Waals surface area contributed by atoms with Crippen LogP contribution >= 0.6 is 0 Å². The number of aromatic hydroxyl groups is 1. The van der Waals surface area contributed by atoms with Gasteiger partial charge in [-0.1, -0.05) is 36.4 Å². The number of carbonyl (C=O) groups excluding carboxylic acids is 1. The van der Waals surface area contributed by atoms with Crippen LogP contribution in [-0.2, 0) is 6.61 Å². The predicted molar refractivity (Wildman–Crippen MR) is 112 cm³/mol. The summed E-state index contributed by atoms with van der Waals surface area (Å²) in [5.74, 6) is 0.591. The number of fused-ring (bicyclic) bond motifs is 1. The first kappa shape index (κ1) is 19.4. The first-order valence-electron chi connectivity index (χ1n) is 9.59. The lowest BCUT2D eigenvalue weighted by Crippen LogP contribution is -1.98. The Hall–Kier alpha value is -3.87. The number of aromatic nitrogens is 1. The zero-order valence-electron chi connectivity index (χ0n) is 16.6. The highest BCUT2D eigenvalue weighted by molar-refractivity contribution is 5.96. The van der Waals surface area contributed by atoms with Gasteiger partial charge in [-0.15, -0.1) is 10.2 Å². The van der Waals surface area contributed by atoms with Crippen LogP contribution in [-0.4, -0.2) is 15.6 Å². The molecule has 4 rings (SSSR count). The van der Waals surface area contributed by atoms with Gasteiger partial charge in [0.1, 0.15) is 18.1 Å². The number of hydrogen-bond acceptors (Lipinski definition) is 5. The van der Waals surface area contributed by atoms with E-state index in [1.165, 1.54) is 6.07 Å². The van der Waals surface area contributed by atoms with E-state index in [4.69, 9.17) is 9.15 Å². The number of amides is 1. The van der Waals surface area contributed by atoms with Crippen LogP contribution in [0.5, 0.6) is 11.6 Å². The lowest BCUT2D eigenvalue weighted by Gasteiger charge is -2.10. The first-order valence-corrected chi connectivity index (χ1v) is 9.59. The molecule has 2 aromatic heterocycles. The van der Waals surface area contributed by atoms with E-state index in [0.29, 0.717) is 11.5 Å². The van der Waals surface area contributed by atoms with Crippen LogP contribution in [0.15, 0.2) is 81.4 Å². The molecule has 4 aromatic rings. The summed E-state index contributed by atoms with van der Waals surface area (Å²) in [7, 11) is 0. The molecule has 7 heteroatoms. The van der Waals surface area contributed by atoms with Gasteiger partial charge in [0.25, 0.3) is 0 Å². The summed E-state index contributed by atoms with van der Waals surface area (Å²) in [6.07, 6.45) is 0. The third-order valence-electron chi connectivity index (χ3n) is 4.61. The molecule has 2 aromatic carbocycles. The molecule has 0 fully saturated rings. The summed E-state index contributed by atoms with van der Waals surface area (Å²) in [6.45, 7) is 4.11. The SMILES string of the molecule is CC(C)n1c(O)c(N=NC(=O)c2ccc(COc3ccccc3)o2)c2ccccc21. The minimum Gasteiger partial charge on any atom is -0.493 e. The number of rotatable bonds is 6. The number of para-hydroxylation sites is 2. The van der Waals surface area contributed by atoms with Gasteiger partial charge in [0.15, 0.2) is 11.4 Å². The number of carbonyl (C=O) groups is 1. The number of hydrogen-bond donors (Lipinski definition) is 1. The Kier molecular flexibility index (Phi) is 5.34. The van der Waals surface area contributed by atoms with Crippen LogP contribution in [0.25, 0.3) is 10.9 Å². The van der Waals surface area contributed by atoms with E-state index < -0.39 is 5.91 Å². The Labute approximate surface area is 173 Å². The van der Waals surface area contributed by atoms with Crippen molar-refractivity contribution in [1.82, 2.24) is 4.57 Å². The monoisotopic (exact) mass is 403 g/mol. The fourth-order valence-corrected chi connectivity index (χ4v) is 3.24. The van der Waals surface area contributed by atoms with Gasteiger partial charge in [0, 0.05) is 11.4 Å². The van der Waals surface area contributed by atoms with Crippen molar-refractivity contribution in [1.29, 1.82) is 0 Å². The molecular weight excluding hydrogens is 382 g/mol. The number of nitrogens with zero attached hydrogens (tertiary/aromatic N) is 3. The van der Waals surface area contributed by atoms with Crippen molar-refractivity contribution in [3.8, 4) is 11.6 Å². The fourth-order valence-electron chi connectivity index (χ4n) is 3.24. The lowest BCUT2D eigenvalue weighted by atomic mass is 10.2. The Morgan fingerprint density at radius 1 is 1.07 bits per heavy atom. The van der Waals surface area contributed by atoms with Gasteiger partial charge >= 0.3 is 5.91 Å². The molecule has 0 saturated carbocycles. The first-order chi connectivity index (χ1) is 14.5. The quantitative estimate of drug-likeness (QED) is 0.398. The van der Waals surface area contributed by atoms with Crippen LogP contribution in [0.4, 0.5) is 5.69 Å². The lowest BCUT2D eigenvalue weighted by molar-refractivity contribution is 0.0964. The summed E-state index contributed by atoms with van der Waals surface area (Å²) >= 11 is 0. The van der Waals surface area contributed by atoms with Crippen LogP contribution in [0.1, 0.15) is 36.2 Å². The van der Waals surface area contributed by atoms with E-state index in [9.17, 15) is 9.90 Å². The number of furan rings is 1. The predicted octanol–water partition coefficient (Wildman–Crippen LogP) is 6.02. The molecule has 2 heterocycles. The molecule has 0 bridgehead atoms. The highest BCUT2D eigenvalue weighted by Crippen LogP contribution is 2.40. The standard InChI is InChI=1S/C23H21N3O4/c1-15(2)26-19-11-7-6-10-18(19)21(23(26)28)24-25-22(27)20-13-12-17(30-20)14-29-16-8-4-3-5-9-16/h3-13,15,28H,14H2,1-2H3. The average molecular weight is 403 g/mol. The molecule has 30 heavy (non-hydrogen) atoms. The molecule has 0 unspecified atom stereocenters. The number of benzene rings is 2. The van der Waals surface area contributed by atoms with E-state index in [-0.39, 0.29) is 30.0 Å². The molecule has 0 aliphatic heterocycles. The van der Waals surface area contributed by atoms with Crippen molar-refractivity contribution < 1.29 is 19.1 Å². The topological polar surface area (TPSA) is 89.3 Å². The molecule has 1 N–H and O–H groups in total. The largest absolute Gasteiger partial charge is 0.493 e. The smallest absolute Gasteiger partial charge is 0.331 e. The minimum atomic E-state index is -0.637. The Balaban J connectivity index is 1.52. The number of ether oxygens (including phenoxy) is 1. The molecule has 7 nitrogen and oxygen atoms in total. The van der Waals surface area contributed by atoms with Crippen molar-refractivity contribution >= 4 is 22.5 Å². The Bertz CT molecular complexity index is 1210. The van der Waals surface area contributed by atoms with E-state index in [1.54, 1.807) is 10.6 Å². The van der Waals surface area contributed by atoms with Crippen LogP contribution < -0.4 is 4.74 Å². The van der Waals surface area contributed by atoms with Gasteiger partial charge in [-0.2, -0.15) is 0 Å². The highest BCUT2D eigenvalue weighted by atomic mass is 16.5. The van der Waals surface area contributed by atoms with Crippen molar-refractivity contribution in [2.24, 2.45) is 10.2 Å². The van der Waals surface area contributed by atoms with Gasteiger partial charge in [-0.3, -0.25) is 4.79 Å². The summed E-state index contributed by atoms with van der Waals surface area (Å²) < 4.78 is 12.9. The summed E-state index contributed by atoms with van der Waals surface area (Å²) in [6, 6.07) is 20.0. The Morgan fingerprint density at radius 2 is 1.80 bits per heavy atom. The van der Waals surface area contributed by atoms with Gasteiger partial charge in [0.05, 0.1) is 5.52 Å². The fraction of sp³-hybridized carbons (Fsp3) is 0.174. The summed E-state index contributed by atoms with van der Waals surface area (Å²) in [5.41, 5.74) is 1.08. The molecule has 152 valence electrons. The molecule has 0 atom stereocenters. The molecule has 0 spiro atoms. The molecule has 0 aliphatic carbocycles. The highest BCUT2D eigenvalue weighted by Gasteiger charge is 2.19. The van der Waals surface area contributed by atoms with Gasteiger partial charge in [0.2, 0.25) is 5.88 Å². The molecule has 0 saturated heterocycles. The maximum absolute atomic E-state index is 12.4. The van der Waals surface area contributed by atoms with Crippen molar-refractivity contribution in [2.75, 3.05) is 0 Å². The van der Waals surface area contributed by atoms with Crippen LogP contribution in [0.2, 0.25) is 0 Å². The second kappa shape index (κ2) is 8.24. The maximum atomic E-state index is 12.4. The van der Waals surface area contributed by atoms with Gasteiger partial charge < -0.3 is 18.8 Å². The number of azo groups is 1. The molecule has 0 aliphatic rings. The van der Waals surface area contributed by atoms with E-state index in [1.807, 2.05) is 68.4 Å². The van der Waals surface area contributed by atoms with Crippen molar-refractivity contribution in [3.05, 3.63) is 78.3 Å². The molecule has 0 radical (unpaired) electrons. The van der Waals surface area contributed by atoms with E-state index >= 15 is 0 Å². The Morgan fingerprint density at radius 3 is 2.57 bits per heavy atom. The molecule has 1 amide bonds. The van der Waals surface area contributed by atoms with Crippen LogP contribution in [0.3, 0.4) is 0 Å². The van der Waals surface area contributed by atoms with Gasteiger partial charge in [-0.05, 0) is 44.2 Å². The van der Waals surface area contributed by atoms with Crippen LogP contribution in [0, 0.1) is 0 Å². The second-order valence-corrected chi connectivity index (χ2v) is 7.03. The van der Waals surface area contributed by atoms with E-state index in [0.717, 1.165) is 10.9 Å². The second-order valence-electron chi connectivity index (χ2n) is 7.03. The third kappa shape index (κ3) is 3.82. The van der Waals surface area contributed by atoms with Gasteiger partial charge in [-0.25, -0.2) is 0 Å². The zero-order valence-corrected chi connectivity index (χ0v) is 16.6. The summed E-state index contributed by atoms with van der Waals surface area (Å²) in [4.78, 5) is 12.4. The normalized spacial score (nSPS) is 11.6. The average Bonchev–Trinajstić information content (AvgIpc) is 3.33. The molecular formula is C23H21N3O4. The zero-order chi connectivity index (χ0) is 21.1. The summed E-state index contributed by atoms with van der Waals surface area (Å²) in [5, 5.41) is 19.1.